The molecule has 0 saturated carbocycles. The molecule has 103 heavy (non-hydrogen) atoms. The van der Waals surface area contributed by atoms with E-state index < -0.39 is 5.97 Å². The Bertz CT molecular complexity index is 3170. The predicted octanol–water partition coefficient (Wildman–Crippen LogP) is 17.0. The lowest BCUT2D eigenvalue weighted by molar-refractivity contribution is -0.143. The molecule has 0 aliphatic rings. The van der Waals surface area contributed by atoms with E-state index in [4.69, 9.17) is 48.8 Å². The second kappa shape index (κ2) is 54.3. The molecule has 0 heterocycles. The van der Waals surface area contributed by atoms with Crippen LogP contribution in [0.2, 0.25) is 0 Å². The zero-order valence-electron chi connectivity index (χ0n) is 62.9. The number of carbonyl (C=O) groups excluding carboxylic acids is 6. The van der Waals surface area contributed by atoms with Crippen molar-refractivity contribution in [3.05, 3.63) is 167 Å². The van der Waals surface area contributed by atoms with Crippen molar-refractivity contribution in [2.24, 2.45) is 35.5 Å². The maximum Gasteiger partial charge on any atom is 0.341 e. The SMILES string of the molecule is CC(C)CCCOC(=O)Cc1ccc(O)c(O)c1.CC(C)CCCOC(=O)Cc1ccc(O)c(O)c1.CC(C)CCCOC(=O)Cc1ccc(O)cc1.CC(C)CCCOC(=O)Cc1ccc(O)cc1.CC(C)CCCOC(=O)Cc1ccccc1O.CC(C)CCCOC(=O)c1ccccc1O. The van der Waals surface area contributed by atoms with Crippen molar-refractivity contribution >= 4 is 35.8 Å². The first-order chi connectivity index (χ1) is 48.8. The van der Waals surface area contributed by atoms with Crippen LogP contribution < -0.4 is 0 Å². The van der Waals surface area contributed by atoms with Crippen LogP contribution in [0, 0.1) is 35.5 Å². The quantitative estimate of drug-likeness (QED) is 0.00793. The summed E-state index contributed by atoms with van der Waals surface area (Å²) in [5.74, 6) is 1.67. The summed E-state index contributed by atoms with van der Waals surface area (Å²) in [5.41, 5.74) is 3.81. The number of benzene rings is 6. The molecular weight excluding hydrogens is 1320 g/mol. The fourth-order valence-electron chi connectivity index (χ4n) is 9.09. The molecule has 0 spiro atoms. The van der Waals surface area contributed by atoms with Crippen molar-refractivity contribution in [2.75, 3.05) is 39.6 Å². The number of carbonyl (C=O) groups is 6. The molecule has 0 aromatic heterocycles. The Hall–Kier alpha value is -9.46. The second-order valence-electron chi connectivity index (χ2n) is 27.5. The molecule has 6 rings (SSSR count). The monoisotopic (exact) mass is 1430 g/mol. The van der Waals surface area contributed by atoms with Crippen LogP contribution in [0.4, 0.5) is 0 Å². The van der Waals surface area contributed by atoms with Gasteiger partial charge < -0.3 is 69.3 Å². The van der Waals surface area contributed by atoms with E-state index in [1.165, 1.54) is 30.3 Å². The number of ether oxygens (including phenoxy) is 6. The Labute approximate surface area is 611 Å². The van der Waals surface area contributed by atoms with Crippen molar-refractivity contribution in [2.45, 2.75) is 192 Å². The minimum atomic E-state index is -0.457. The highest BCUT2D eigenvalue weighted by atomic mass is 16.6. The average Bonchev–Trinajstić information content (AvgIpc) is 0.940. The molecule has 0 radical (unpaired) electrons. The molecule has 0 aliphatic carbocycles. The fraction of sp³-hybridized carbons (Fsp3) is 0.494. The molecule has 0 unspecified atom stereocenters. The average molecular weight is 1440 g/mol. The number of aromatic hydroxyl groups is 8. The zero-order valence-corrected chi connectivity index (χ0v) is 62.9. The summed E-state index contributed by atoms with van der Waals surface area (Å²) in [6.07, 6.45) is 12.5. The van der Waals surface area contributed by atoms with Crippen LogP contribution >= 0.6 is 0 Å². The number of hydrogen-bond acceptors (Lipinski definition) is 20. The van der Waals surface area contributed by atoms with Crippen LogP contribution in [0.3, 0.4) is 0 Å². The van der Waals surface area contributed by atoms with Crippen LogP contribution in [0.25, 0.3) is 0 Å². The van der Waals surface area contributed by atoms with Crippen molar-refractivity contribution in [1.82, 2.24) is 0 Å². The number of rotatable bonds is 35. The Morgan fingerprint density at radius 2 is 0.534 bits per heavy atom. The molecule has 0 atom stereocenters. The maximum atomic E-state index is 11.5. The van der Waals surface area contributed by atoms with Gasteiger partial charge in [-0.05, 0) is 202 Å². The van der Waals surface area contributed by atoms with Gasteiger partial charge in [0, 0.05) is 5.56 Å². The van der Waals surface area contributed by atoms with Gasteiger partial charge in [0.2, 0.25) is 0 Å². The van der Waals surface area contributed by atoms with Gasteiger partial charge in [0.25, 0.3) is 0 Å². The molecule has 6 aromatic rings. The summed E-state index contributed by atoms with van der Waals surface area (Å²) in [6, 6.07) is 35.0. The highest BCUT2D eigenvalue weighted by Gasteiger charge is 2.14. The first kappa shape index (κ1) is 91.6. The van der Waals surface area contributed by atoms with Crippen LogP contribution in [-0.4, -0.2) is 116 Å². The molecule has 0 bridgehead atoms. The van der Waals surface area contributed by atoms with Gasteiger partial charge in [-0.1, -0.05) is 150 Å². The number of hydrogen-bond donors (Lipinski definition) is 8. The van der Waals surface area contributed by atoms with E-state index in [0.717, 1.165) is 88.2 Å². The number of phenolic OH excluding ortho intramolecular Hbond substituents is 8. The van der Waals surface area contributed by atoms with E-state index in [9.17, 15) is 49.2 Å². The predicted molar refractivity (Wildman–Crippen MR) is 400 cm³/mol. The van der Waals surface area contributed by atoms with Gasteiger partial charge in [0.05, 0.1) is 71.7 Å². The van der Waals surface area contributed by atoms with Gasteiger partial charge in [-0.15, -0.1) is 0 Å². The highest BCUT2D eigenvalue weighted by Crippen LogP contribution is 2.27. The number of phenols is 8. The Balaban J connectivity index is 0.000000618. The molecule has 20 nitrogen and oxygen atoms in total. The summed E-state index contributed by atoms with van der Waals surface area (Å²) in [5, 5.41) is 74.0. The summed E-state index contributed by atoms with van der Waals surface area (Å²) in [6.45, 7) is 28.4. The molecule has 0 fully saturated rings. The van der Waals surface area contributed by atoms with Gasteiger partial charge >= 0.3 is 35.8 Å². The standard InChI is InChI=1S/2C14H20O4.3C14H20O3.C13H18O3/c2*1-10(2)4-3-7-18-14(17)9-11-5-6-12(15)13(16)8-11;2*1-11(2)4-3-9-17-14(16)10-12-5-7-13(15)8-6-12;1-11(2)6-5-9-17-14(16)10-12-7-3-4-8-13(12)15;1-10(2)6-5-9-16-13(15)11-7-3-4-8-12(11)14/h2*5-6,8,10,15-16H,3-4,7,9H2,1-2H3;2*5-8,11,15H,3-4,9-10H2,1-2H3;3-4,7-8,11,15H,5-6,9-10H2,1-2H3;3-4,7-8,10,14H,5-6,9H2,1-2H3. The van der Waals surface area contributed by atoms with E-state index in [2.05, 4.69) is 83.1 Å². The molecule has 6 aromatic carbocycles. The fourth-order valence-corrected chi connectivity index (χ4v) is 9.09. The Kier molecular flexibility index (Phi) is 48.2. The first-order valence-electron chi connectivity index (χ1n) is 35.9. The maximum absolute atomic E-state index is 11.5. The third-order valence-electron chi connectivity index (χ3n) is 14.9. The summed E-state index contributed by atoms with van der Waals surface area (Å²) in [7, 11) is 0. The van der Waals surface area contributed by atoms with Crippen LogP contribution in [0.5, 0.6) is 46.0 Å². The summed E-state index contributed by atoms with van der Waals surface area (Å²) in [4.78, 5) is 68.9. The lowest BCUT2D eigenvalue weighted by Gasteiger charge is -2.07. The Morgan fingerprint density at radius 1 is 0.272 bits per heavy atom. The number of para-hydroxylation sites is 2. The van der Waals surface area contributed by atoms with E-state index in [-0.39, 0.29) is 114 Å². The normalized spacial score (nSPS) is 10.5. The largest absolute Gasteiger partial charge is 0.508 e. The molecule has 0 aliphatic heterocycles. The van der Waals surface area contributed by atoms with Crippen molar-refractivity contribution in [1.29, 1.82) is 0 Å². The lowest BCUT2D eigenvalue weighted by atomic mass is 10.1. The van der Waals surface area contributed by atoms with Crippen LogP contribution in [0.15, 0.2) is 133 Å². The van der Waals surface area contributed by atoms with Gasteiger partial charge in [-0.3, -0.25) is 24.0 Å². The molecule has 0 saturated heterocycles. The van der Waals surface area contributed by atoms with Gasteiger partial charge in [0.15, 0.2) is 23.0 Å². The Morgan fingerprint density at radius 3 is 0.825 bits per heavy atom. The number of esters is 6. The van der Waals surface area contributed by atoms with Crippen molar-refractivity contribution in [3.63, 3.8) is 0 Å². The van der Waals surface area contributed by atoms with E-state index >= 15 is 0 Å². The van der Waals surface area contributed by atoms with Gasteiger partial charge in [-0.2, -0.15) is 0 Å². The zero-order chi connectivity index (χ0) is 77.1. The van der Waals surface area contributed by atoms with Gasteiger partial charge in [0.1, 0.15) is 28.6 Å². The topological polar surface area (TPSA) is 320 Å². The highest BCUT2D eigenvalue weighted by molar-refractivity contribution is 5.92. The minimum absolute atomic E-state index is 0.0311. The van der Waals surface area contributed by atoms with Crippen LogP contribution in [0.1, 0.15) is 198 Å². The van der Waals surface area contributed by atoms with Crippen molar-refractivity contribution < 1.29 is 98.0 Å². The lowest BCUT2D eigenvalue weighted by Crippen LogP contribution is -2.09. The second-order valence-corrected chi connectivity index (χ2v) is 27.5. The van der Waals surface area contributed by atoms with E-state index in [0.29, 0.717) is 91.8 Å². The van der Waals surface area contributed by atoms with Crippen LogP contribution in [-0.2, 0) is 84.5 Å². The van der Waals surface area contributed by atoms with E-state index in [1.807, 2.05) is 0 Å². The summed E-state index contributed by atoms with van der Waals surface area (Å²) < 4.78 is 30.6. The molecule has 8 N–H and O–H groups in total. The third-order valence-corrected chi connectivity index (χ3v) is 14.9. The first-order valence-corrected chi connectivity index (χ1v) is 35.9. The summed E-state index contributed by atoms with van der Waals surface area (Å²) >= 11 is 0. The molecule has 570 valence electrons. The van der Waals surface area contributed by atoms with E-state index in [1.54, 1.807) is 103 Å². The smallest absolute Gasteiger partial charge is 0.341 e. The minimum Gasteiger partial charge on any atom is -0.508 e. The molecule has 0 amide bonds. The van der Waals surface area contributed by atoms with Crippen molar-refractivity contribution in [3.8, 4) is 46.0 Å². The third kappa shape index (κ3) is 48.9. The van der Waals surface area contributed by atoms with Gasteiger partial charge in [-0.25, -0.2) is 4.79 Å². The molecular formula is C83H118O20. The molecule has 20 heteroatoms.